The minimum absolute atomic E-state index is 0.00256. The van der Waals surface area contributed by atoms with Gasteiger partial charge >= 0.3 is 5.97 Å². The largest absolute Gasteiger partial charge is 0.478 e. The third kappa shape index (κ3) is 3.02. The first-order chi connectivity index (χ1) is 9.89. The number of carboxylic acid groups (broad SMARTS) is 1. The van der Waals surface area contributed by atoms with Crippen LogP contribution < -0.4 is 0 Å². The molecule has 0 radical (unpaired) electrons. The monoisotopic (exact) mass is 349 g/mol. The van der Waals surface area contributed by atoms with Gasteiger partial charge in [0.2, 0.25) is 0 Å². The molecule has 9 heteroatoms. The summed E-state index contributed by atoms with van der Waals surface area (Å²) in [4.78, 5) is 15.6. The van der Waals surface area contributed by atoms with E-state index in [0.717, 1.165) is 0 Å². The van der Waals surface area contributed by atoms with Gasteiger partial charge in [-0.05, 0) is 17.7 Å². The Bertz CT molecular complexity index is 702. The first-order valence-corrected chi connectivity index (χ1v) is 8.82. The molecule has 21 heavy (non-hydrogen) atoms. The molecule has 1 atom stereocenters. The molecule has 0 amide bonds. The number of carbonyl (C=O) groups is 1. The van der Waals surface area contributed by atoms with Gasteiger partial charge in [0.1, 0.15) is 11.7 Å². The number of fused-ring (bicyclic) bond motifs is 1. The molecule has 0 spiro atoms. The Morgan fingerprint density at radius 2 is 2.33 bits per heavy atom. The van der Waals surface area contributed by atoms with Gasteiger partial charge in [-0.1, -0.05) is 16.8 Å². The highest BCUT2D eigenvalue weighted by atomic mass is 35.5. The summed E-state index contributed by atoms with van der Waals surface area (Å²) in [5.41, 5.74) is 0.287. The maximum absolute atomic E-state index is 12.4. The van der Waals surface area contributed by atoms with Gasteiger partial charge in [0.25, 0.3) is 0 Å². The zero-order valence-corrected chi connectivity index (χ0v) is 13.3. The van der Waals surface area contributed by atoms with Crippen LogP contribution >= 0.6 is 23.4 Å². The van der Waals surface area contributed by atoms with Crippen LogP contribution in [0.3, 0.4) is 0 Å². The van der Waals surface area contributed by atoms with Gasteiger partial charge in [0.15, 0.2) is 9.84 Å². The van der Waals surface area contributed by atoms with Gasteiger partial charge < -0.3 is 9.94 Å². The molecule has 1 unspecified atom stereocenters. The normalized spacial score (nSPS) is 19.6. The Hall–Kier alpha value is -1.25. The summed E-state index contributed by atoms with van der Waals surface area (Å²) in [7, 11) is -2.12. The smallest absolute Gasteiger partial charge is 0.337 e. The lowest BCUT2D eigenvalue weighted by molar-refractivity contribution is 0.0697. The molecule has 1 heterocycles. The minimum Gasteiger partial charge on any atom is -0.478 e. The molecule has 0 aliphatic carbocycles. The topological polar surface area (TPSA) is 93.0 Å². The van der Waals surface area contributed by atoms with Crippen LogP contribution in [0.5, 0.6) is 0 Å². The summed E-state index contributed by atoms with van der Waals surface area (Å²) < 4.78 is 24.1. The van der Waals surface area contributed by atoms with E-state index in [9.17, 15) is 13.2 Å². The number of aromatic carboxylic acids is 1. The summed E-state index contributed by atoms with van der Waals surface area (Å²) in [6.45, 7) is 0. The molecule has 0 fully saturated rings. The molecule has 0 saturated heterocycles. The number of halogens is 1. The predicted molar refractivity (Wildman–Crippen MR) is 81.0 cm³/mol. The number of thioether (sulfide) groups is 1. The zero-order valence-electron chi connectivity index (χ0n) is 10.9. The van der Waals surface area contributed by atoms with E-state index in [2.05, 4.69) is 9.99 Å². The molecule has 2 rings (SSSR count). The molecule has 6 nitrogen and oxygen atoms in total. The van der Waals surface area contributed by atoms with Crippen LogP contribution in [-0.2, 0) is 21.1 Å². The Morgan fingerprint density at radius 3 is 2.95 bits per heavy atom. The quantitative estimate of drug-likeness (QED) is 0.646. The van der Waals surface area contributed by atoms with E-state index < -0.39 is 20.4 Å². The lowest BCUT2D eigenvalue weighted by Gasteiger charge is -2.06. The molecule has 1 aliphatic heterocycles. The summed E-state index contributed by atoms with van der Waals surface area (Å²) in [5.74, 6) is -0.807. The highest BCUT2D eigenvalue weighted by Gasteiger charge is 2.39. The molecule has 0 aromatic heterocycles. The first kappa shape index (κ1) is 16.1. The molecule has 0 bridgehead atoms. The van der Waals surface area contributed by atoms with Gasteiger partial charge in [-0.15, -0.1) is 11.8 Å². The average molecular weight is 350 g/mol. The number of carboxylic acids is 1. The van der Waals surface area contributed by atoms with Crippen LogP contribution in [0.4, 0.5) is 0 Å². The summed E-state index contributed by atoms with van der Waals surface area (Å²) in [6, 6.07) is 2.53. The SMILES string of the molecule is CON=CCSC1Cc2c(ccc(C(=O)O)c2Cl)S1(=O)=O. The number of nitrogens with zero attached hydrogens (tertiary/aromatic N) is 1. The first-order valence-electron chi connectivity index (χ1n) is 5.84. The molecular formula is C12H12ClNO5S2. The van der Waals surface area contributed by atoms with Crippen molar-refractivity contribution in [2.45, 2.75) is 15.9 Å². The predicted octanol–water partition coefficient (Wildman–Crippen LogP) is 2.06. The van der Waals surface area contributed by atoms with Crippen LogP contribution in [0.25, 0.3) is 0 Å². The van der Waals surface area contributed by atoms with Gasteiger partial charge in [-0.25, -0.2) is 13.2 Å². The molecule has 1 aromatic rings. The van der Waals surface area contributed by atoms with Crippen molar-refractivity contribution in [1.29, 1.82) is 0 Å². The molecule has 1 aliphatic rings. The van der Waals surface area contributed by atoms with E-state index in [0.29, 0.717) is 11.3 Å². The fourth-order valence-corrected chi connectivity index (χ4v) is 5.79. The molecule has 1 N–H and O–H groups in total. The van der Waals surface area contributed by atoms with Gasteiger partial charge in [0.05, 0.1) is 21.7 Å². The highest BCUT2D eigenvalue weighted by Crippen LogP contribution is 2.41. The Kier molecular flexibility index (Phi) is 4.80. The van der Waals surface area contributed by atoms with Crippen molar-refractivity contribution < 1.29 is 23.2 Å². The second-order valence-corrected chi connectivity index (χ2v) is 8.20. The maximum Gasteiger partial charge on any atom is 0.337 e. The van der Waals surface area contributed by atoms with E-state index in [4.69, 9.17) is 16.7 Å². The number of hydrogen-bond acceptors (Lipinski definition) is 6. The third-order valence-corrected chi connectivity index (χ3v) is 7.33. The van der Waals surface area contributed by atoms with Crippen molar-refractivity contribution in [1.82, 2.24) is 0 Å². The number of benzene rings is 1. The second kappa shape index (κ2) is 6.25. The lowest BCUT2D eigenvalue weighted by Crippen LogP contribution is -2.13. The Morgan fingerprint density at radius 1 is 1.62 bits per heavy atom. The van der Waals surface area contributed by atoms with Gasteiger partial charge in [-0.2, -0.15) is 0 Å². The number of rotatable bonds is 5. The van der Waals surface area contributed by atoms with Crippen molar-refractivity contribution in [3.05, 3.63) is 28.3 Å². The molecule has 0 saturated carbocycles. The third-order valence-electron chi connectivity index (χ3n) is 2.99. The van der Waals surface area contributed by atoms with Crippen LogP contribution in [0.2, 0.25) is 5.02 Å². The zero-order chi connectivity index (χ0) is 15.6. The van der Waals surface area contributed by atoms with E-state index in [-0.39, 0.29) is 21.9 Å². The minimum atomic E-state index is -3.52. The van der Waals surface area contributed by atoms with E-state index >= 15 is 0 Å². The summed E-state index contributed by atoms with van der Waals surface area (Å²) in [6.07, 6.45) is 1.65. The van der Waals surface area contributed by atoms with Gasteiger partial charge in [0, 0.05) is 12.2 Å². The van der Waals surface area contributed by atoms with Crippen molar-refractivity contribution >= 4 is 45.4 Å². The molecule has 114 valence electrons. The summed E-state index contributed by atoms with van der Waals surface area (Å²) >= 11 is 7.21. The Labute approximate surface area is 131 Å². The number of sulfone groups is 1. The molecule has 1 aromatic carbocycles. The van der Waals surface area contributed by atoms with Crippen molar-refractivity contribution in [3.63, 3.8) is 0 Å². The standard InChI is InChI=1S/C12H12ClNO5S2/c1-19-14-4-5-20-10-6-8-9(21(10,17)18)3-2-7(11(8)13)12(15)16/h2-4,10H,5-6H2,1H3,(H,15,16). The lowest BCUT2D eigenvalue weighted by atomic mass is 10.1. The van der Waals surface area contributed by atoms with Crippen LogP contribution in [0.1, 0.15) is 15.9 Å². The Balaban J connectivity index is 2.31. The van der Waals surface area contributed by atoms with Crippen LogP contribution in [0.15, 0.2) is 22.2 Å². The van der Waals surface area contributed by atoms with E-state index in [1.807, 2.05) is 0 Å². The highest BCUT2D eigenvalue weighted by molar-refractivity contribution is 8.14. The van der Waals surface area contributed by atoms with Crippen molar-refractivity contribution in [3.8, 4) is 0 Å². The van der Waals surface area contributed by atoms with Crippen molar-refractivity contribution in [2.24, 2.45) is 5.16 Å². The second-order valence-electron chi connectivity index (χ2n) is 4.19. The van der Waals surface area contributed by atoms with Crippen molar-refractivity contribution in [2.75, 3.05) is 12.9 Å². The number of oxime groups is 1. The van der Waals surface area contributed by atoms with Crippen LogP contribution in [-0.4, -0.2) is 43.2 Å². The maximum atomic E-state index is 12.4. The van der Waals surface area contributed by atoms with E-state index in [1.165, 1.54) is 37.2 Å². The fourth-order valence-electron chi connectivity index (χ4n) is 2.05. The fraction of sp³-hybridized carbons (Fsp3) is 0.333. The molecular weight excluding hydrogens is 338 g/mol. The summed E-state index contributed by atoms with van der Waals surface area (Å²) in [5, 5.41) is 12.6. The van der Waals surface area contributed by atoms with Crippen LogP contribution in [0, 0.1) is 0 Å². The van der Waals surface area contributed by atoms with Gasteiger partial charge in [-0.3, -0.25) is 0 Å². The average Bonchev–Trinajstić information content (AvgIpc) is 2.67. The number of hydrogen-bond donors (Lipinski definition) is 1. The van der Waals surface area contributed by atoms with E-state index in [1.54, 1.807) is 0 Å².